The largest absolute Gasteiger partial charge is 0.756 e. The molecule has 0 rings (SSSR count). The topological polar surface area (TPSA) is 108 Å². The van der Waals surface area contributed by atoms with Crippen LogP contribution in [0.1, 0.15) is 187 Å². The number of amides is 1. The van der Waals surface area contributed by atoms with Gasteiger partial charge in [0.1, 0.15) is 13.2 Å². The fourth-order valence-electron chi connectivity index (χ4n) is 6.32. The Morgan fingerprint density at radius 3 is 1.56 bits per heavy atom. The quantitative estimate of drug-likeness (QED) is 0.0275. The maximum Gasteiger partial charge on any atom is 0.268 e. The van der Waals surface area contributed by atoms with E-state index in [2.05, 4.69) is 67.8 Å². The molecule has 0 saturated heterocycles. The fourth-order valence-corrected chi connectivity index (χ4v) is 7.04. The van der Waals surface area contributed by atoms with E-state index in [1.807, 2.05) is 27.2 Å². The molecule has 0 aromatic carbocycles. The molecule has 0 aromatic heterocycles. The first-order chi connectivity index (χ1) is 27.5. The van der Waals surface area contributed by atoms with Crippen molar-refractivity contribution >= 4 is 13.7 Å². The number of nitrogens with zero attached hydrogens (tertiary/aromatic N) is 1. The molecule has 0 aliphatic carbocycles. The molecule has 332 valence electrons. The van der Waals surface area contributed by atoms with Crippen LogP contribution in [0.25, 0.3) is 0 Å². The lowest BCUT2D eigenvalue weighted by molar-refractivity contribution is -0.870. The molecule has 8 nitrogen and oxygen atoms in total. The second-order valence-corrected chi connectivity index (χ2v) is 18.1. The van der Waals surface area contributed by atoms with Crippen LogP contribution in [0.15, 0.2) is 60.8 Å². The van der Waals surface area contributed by atoms with Crippen LogP contribution in [0.4, 0.5) is 0 Å². The minimum atomic E-state index is -4.60. The number of rotatable bonds is 41. The van der Waals surface area contributed by atoms with E-state index in [0.29, 0.717) is 17.4 Å². The molecule has 0 aliphatic rings. The van der Waals surface area contributed by atoms with Gasteiger partial charge in [-0.2, -0.15) is 0 Å². The van der Waals surface area contributed by atoms with Crippen molar-refractivity contribution in [2.24, 2.45) is 0 Å². The average Bonchev–Trinajstić information content (AvgIpc) is 3.16. The van der Waals surface area contributed by atoms with Gasteiger partial charge in [-0.15, -0.1) is 0 Å². The molecule has 1 amide bonds. The predicted molar refractivity (Wildman–Crippen MR) is 242 cm³/mol. The van der Waals surface area contributed by atoms with Gasteiger partial charge in [-0.25, -0.2) is 0 Å². The standard InChI is InChI=1S/C48H89N2O6P/c1-6-8-10-12-14-16-18-20-22-24-26-27-29-31-33-35-37-39-41-47(51)46(45-56-57(53,54)55-44-43-50(3,4)5)49-48(52)42-40-38-36-34-32-30-28-25-23-21-19-17-15-13-11-9-7-2/h9,11,15,17,21,23,28,30,39,41,46-47,51H,6-8,10,12-14,16,18-20,22,24-27,29,31-38,40,42-45H2,1-5H3,(H-,49,52,53,54)/b11-9-,17-15-,23-21-,30-28-,41-39+. The average molecular weight is 821 g/mol. The number of unbranched alkanes of at least 4 members (excludes halogenated alkanes) is 20. The van der Waals surface area contributed by atoms with Gasteiger partial charge in [0.2, 0.25) is 5.91 Å². The SMILES string of the molecule is CC/C=C\C/C=C\C/C=C\C/C=C\CCCCCCC(=O)NC(COP(=O)([O-])OCC[N+](C)(C)C)C(O)/C=C/CCCCCCCCCCCCCCCCCC. The summed E-state index contributed by atoms with van der Waals surface area (Å²) < 4.78 is 23.2. The third-order valence-corrected chi connectivity index (χ3v) is 10.9. The lowest BCUT2D eigenvalue weighted by Gasteiger charge is -2.29. The summed E-state index contributed by atoms with van der Waals surface area (Å²) in [7, 11) is 1.24. The minimum absolute atomic E-state index is 0.00858. The number of quaternary nitrogens is 1. The summed E-state index contributed by atoms with van der Waals surface area (Å²) in [5.74, 6) is -0.223. The summed E-state index contributed by atoms with van der Waals surface area (Å²) in [6.45, 7) is 4.51. The smallest absolute Gasteiger partial charge is 0.268 e. The van der Waals surface area contributed by atoms with Crippen LogP contribution >= 0.6 is 7.82 Å². The monoisotopic (exact) mass is 821 g/mol. The third kappa shape index (κ3) is 42.1. The molecule has 0 radical (unpaired) electrons. The highest BCUT2D eigenvalue weighted by Gasteiger charge is 2.23. The van der Waals surface area contributed by atoms with E-state index in [1.165, 1.54) is 89.9 Å². The summed E-state index contributed by atoms with van der Waals surface area (Å²) in [6, 6.07) is -0.901. The number of aliphatic hydroxyl groups excluding tert-OH is 1. The highest BCUT2D eigenvalue weighted by atomic mass is 31.2. The summed E-state index contributed by atoms with van der Waals surface area (Å²) in [6.07, 6.45) is 51.2. The Kier molecular flexibility index (Phi) is 38.4. The minimum Gasteiger partial charge on any atom is -0.756 e. The zero-order valence-corrected chi connectivity index (χ0v) is 38.4. The Labute approximate surface area is 351 Å². The second-order valence-electron chi connectivity index (χ2n) is 16.7. The Morgan fingerprint density at radius 1 is 0.632 bits per heavy atom. The Morgan fingerprint density at radius 2 is 1.07 bits per heavy atom. The van der Waals surface area contributed by atoms with Gasteiger partial charge >= 0.3 is 0 Å². The van der Waals surface area contributed by atoms with Crippen LogP contribution in [-0.4, -0.2) is 68.5 Å². The number of hydrogen-bond donors (Lipinski definition) is 2. The molecule has 0 fully saturated rings. The predicted octanol–water partition coefficient (Wildman–Crippen LogP) is 12.4. The van der Waals surface area contributed by atoms with Gasteiger partial charge < -0.3 is 28.8 Å². The van der Waals surface area contributed by atoms with Crippen LogP contribution < -0.4 is 10.2 Å². The molecule has 0 saturated carbocycles. The fraction of sp³-hybridized carbons (Fsp3) is 0.771. The third-order valence-electron chi connectivity index (χ3n) is 9.98. The van der Waals surface area contributed by atoms with Crippen molar-refractivity contribution in [1.82, 2.24) is 5.32 Å². The molecule has 9 heteroatoms. The number of carbonyl (C=O) groups is 1. The van der Waals surface area contributed by atoms with E-state index >= 15 is 0 Å². The molecular weight excluding hydrogens is 732 g/mol. The Bertz CT molecular complexity index is 1110. The van der Waals surface area contributed by atoms with E-state index in [9.17, 15) is 19.4 Å². The first-order valence-corrected chi connectivity index (χ1v) is 24.6. The molecule has 0 heterocycles. The lowest BCUT2D eigenvalue weighted by Crippen LogP contribution is -2.45. The van der Waals surface area contributed by atoms with Crippen molar-refractivity contribution in [3.8, 4) is 0 Å². The maximum absolute atomic E-state index is 12.9. The van der Waals surface area contributed by atoms with Crippen molar-refractivity contribution in [3.05, 3.63) is 60.8 Å². The van der Waals surface area contributed by atoms with Crippen molar-refractivity contribution in [3.63, 3.8) is 0 Å². The lowest BCUT2D eigenvalue weighted by atomic mass is 10.0. The van der Waals surface area contributed by atoms with Gasteiger partial charge in [-0.3, -0.25) is 9.36 Å². The van der Waals surface area contributed by atoms with Gasteiger partial charge in [0.25, 0.3) is 7.82 Å². The number of likely N-dealkylation sites (N-methyl/N-ethyl adjacent to an activating group) is 1. The van der Waals surface area contributed by atoms with Crippen molar-refractivity contribution < 1.29 is 32.9 Å². The summed E-state index contributed by atoms with van der Waals surface area (Å²) in [5, 5.41) is 13.8. The normalized spacial score (nSPS) is 14.9. The number of allylic oxidation sites excluding steroid dienone is 9. The number of nitrogens with one attached hydrogen (secondary N) is 1. The van der Waals surface area contributed by atoms with Crippen LogP contribution in [0, 0.1) is 0 Å². The molecule has 57 heavy (non-hydrogen) atoms. The van der Waals surface area contributed by atoms with Gasteiger partial charge in [-0.05, 0) is 57.8 Å². The second kappa shape index (κ2) is 39.6. The van der Waals surface area contributed by atoms with Gasteiger partial charge in [0, 0.05) is 6.42 Å². The van der Waals surface area contributed by atoms with Crippen molar-refractivity contribution in [2.75, 3.05) is 40.9 Å². The number of hydrogen-bond acceptors (Lipinski definition) is 6. The van der Waals surface area contributed by atoms with Crippen molar-refractivity contribution in [1.29, 1.82) is 0 Å². The molecule has 3 unspecified atom stereocenters. The van der Waals surface area contributed by atoms with E-state index in [1.54, 1.807) is 6.08 Å². The molecule has 0 aliphatic heterocycles. The first-order valence-electron chi connectivity index (χ1n) is 23.2. The van der Waals surface area contributed by atoms with Gasteiger partial charge in [0.05, 0.1) is 39.9 Å². The summed E-state index contributed by atoms with van der Waals surface area (Å²) >= 11 is 0. The molecule has 0 aromatic rings. The van der Waals surface area contributed by atoms with Gasteiger partial charge in [-0.1, -0.05) is 184 Å². The van der Waals surface area contributed by atoms with Crippen LogP contribution in [0.2, 0.25) is 0 Å². The number of phosphoric acid groups is 1. The van der Waals surface area contributed by atoms with E-state index < -0.39 is 26.6 Å². The van der Waals surface area contributed by atoms with E-state index in [0.717, 1.165) is 77.0 Å². The van der Waals surface area contributed by atoms with E-state index in [4.69, 9.17) is 9.05 Å². The first kappa shape index (κ1) is 55.2. The van der Waals surface area contributed by atoms with Crippen LogP contribution in [-0.2, 0) is 18.4 Å². The zero-order valence-electron chi connectivity index (χ0n) is 37.5. The number of phosphoric ester groups is 1. The van der Waals surface area contributed by atoms with Gasteiger partial charge in [0.15, 0.2) is 0 Å². The molecule has 3 atom stereocenters. The van der Waals surface area contributed by atoms with Crippen molar-refractivity contribution in [2.45, 2.75) is 199 Å². The van der Waals surface area contributed by atoms with E-state index in [-0.39, 0.29) is 12.5 Å². The highest BCUT2D eigenvalue weighted by Crippen LogP contribution is 2.38. The Balaban J connectivity index is 4.46. The molecule has 0 spiro atoms. The molecular formula is C48H89N2O6P. The van der Waals surface area contributed by atoms with Crippen LogP contribution in [0.3, 0.4) is 0 Å². The zero-order chi connectivity index (χ0) is 42.1. The highest BCUT2D eigenvalue weighted by molar-refractivity contribution is 7.45. The number of carbonyl (C=O) groups excluding carboxylic acids is 1. The summed E-state index contributed by atoms with van der Waals surface area (Å²) in [4.78, 5) is 25.3. The Hall–Kier alpha value is -1.80. The maximum atomic E-state index is 12.9. The van der Waals surface area contributed by atoms with Crippen LogP contribution in [0.5, 0.6) is 0 Å². The molecule has 2 N–H and O–H groups in total. The number of aliphatic hydroxyl groups is 1. The summed E-state index contributed by atoms with van der Waals surface area (Å²) in [5.41, 5.74) is 0. The molecule has 0 bridgehead atoms.